The molecule has 2 unspecified atom stereocenters. The summed E-state index contributed by atoms with van der Waals surface area (Å²) in [6, 6.07) is 8.41. The number of nitrogens with zero attached hydrogens (tertiary/aromatic N) is 1. The molecule has 4 heteroatoms. The van der Waals surface area contributed by atoms with Gasteiger partial charge in [0, 0.05) is 25.0 Å². The highest BCUT2D eigenvalue weighted by molar-refractivity contribution is 5.78. The Morgan fingerprint density at radius 1 is 1.30 bits per heavy atom. The molecule has 1 aromatic rings. The smallest absolute Gasteiger partial charge is 0.224 e. The number of carbonyl (C=O) groups excluding carboxylic acids is 1. The Labute approximate surface area is 140 Å². The number of piperidine rings is 1. The topological polar surface area (TPSA) is 58.4 Å². The normalized spacial score (nSPS) is 19.3. The summed E-state index contributed by atoms with van der Waals surface area (Å²) in [7, 11) is 0. The van der Waals surface area contributed by atoms with Crippen molar-refractivity contribution in [2.45, 2.75) is 52.7 Å². The molecular formula is C19H31N3O. The fraction of sp³-hybridized carbons (Fsp3) is 0.632. The second-order valence-corrected chi connectivity index (χ2v) is 7.14. The highest BCUT2D eigenvalue weighted by atomic mass is 16.1. The number of amides is 1. The summed E-state index contributed by atoms with van der Waals surface area (Å²) in [5.74, 6) is 0.726. The Hall–Kier alpha value is -1.39. The van der Waals surface area contributed by atoms with Crippen molar-refractivity contribution in [1.82, 2.24) is 10.2 Å². The highest BCUT2D eigenvalue weighted by Gasteiger charge is 2.17. The number of benzene rings is 1. The Morgan fingerprint density at radius 2 is 1.96 bits per heavy atom. The van der Waals surface area contributed by atoms with E-state index in [2.05, 4.69) is 41.4 Å². The van der Waals surface area contributed by atoms with Gasteiger partial charge in [-0.3, -0.25) is 9.69 Å². The molecule has 0 aromatic heterocycles. The summed E-state index contributed by atoms with van der Waals surface area (Å²) < 4.78 is 0. The van der Waals surface area contributed by atoms with E-state index in [1.165, 1.54) is 31.5 Å². The van der Waals surface area contributed by atoms with Gasteiger partial charge >= 0.3 is 0 Å². The maximum absolute atomic E-state index is 12.0. The minimum atomic E-state index is -0.159. The summed E-state index contributed by atoms with van der Waals surface area (Å²) >= 11 is 0. The first-order valence-corrected chi connectivity index (χ1v) is 8.79. The molecule has 0 spiro atoms. The molecule has 2 rings (SSSR count). The molecule has 128 valence electrons. The third-order valence-electron chi connectivity index (χ3n) is 4.94. The first kappa shape index (κ1) is 18.0. The molecule has 2 atom stereocenters. The van der Waals surface area contributed by atoms with Crippen molar-refractivity contribution in [2.24, 2.45) is 17.6 Å². The van der Waals surface area contributed by atoms with Gasteiger partial charge in [-0.05, 0) is 49.9 Å². The maximum atomic E-state index is 12.0. The van der Waals surface area contributed by atoms with Crippen LogP contribution in [0.15, 0.2) is 24.3 Å². The molecule has 0 radical (unpaired) electrons. The minimum absolute atomic E-state index is 0.0235. The average molecular weight is 317 g/mol. The molecular weight excluding hydrogens is 286 g/mol. The van der Waals surface area contributed by atoms with Gasteiger partial charge in [0.1, 0.15) is 0 Å². The van der Waals surface area contributed by atoms with Crippen LogP contribution in [-0.4, -0.2) is 29.9 Å². The lowest BCUT2D eigenvalue weighted by Crippen LogP contribution is -2.38. The molecule has 1 fully saturated rings. The van der Waals surface area contributed by atoms with Gasteiger partial charge < -0.3 is 11.1 Å². The van der Waals surface area contributed by atoms with Crippen LogP contribution < -0.4 is 11.1 Å². The number of rotatable bonds is 6. The monoisotopic (exact) mass is 317 g/mol. The lowest BCUT2D eigenvalue weighted by molar-refractivity contribution is -0.125. The molecule has 1 aliphatic rings. The molecule has 1 heterocycles. The first-order chi connectivity index (χ1) is 11.0. The van der Waals surface area contributed by atoms with Crippen LogP contribution in [0.3, 0.4) is 0 Å². The first-order valence-electron chi connectivity index (χ1n) is 8.79. The van der Waals surface area contributed by atoms with Gasteiger partial charge in [-0.15, -0.1) is 0 Å². The third kappa shape index (κ3) is 5.63. The van der Waals surface area contributed by atoms with E-state index >= 15 is 0 Å². The predicted octanol–water partition coefficient (Wildman–Crippen LogP) is 2.52. The fourth-order valence-corrected chi connectivity index (χ4v) is 2.91. The zero-order chi connectivity index (χ0) is 16.8. The number of nitrogens with one attached hydrogen (secondary N) is 1. The third-order valence-corrected chi connectivity index (χ3v) is 4.94. The van der Waals surface area contributed by atoms with Crippen molar-refractivity contribution in [3.8, 4) is 0 Å². The van der Waals surface area contributed by atoms with E-state index in [-0.39, 0.29) is 17.9 Å². The highest BCUT2D eigenvalue weighted by Crippen LogP contribution is 2.18. The van der Waals surface area contributed by atoms with Crippen LogP contribution >= 0.6 is 0 Å². The fourth-order valence-electron chi connectivity index (χ4n) is 2.91. The summed E-state index contributed by atoms with van der Waals surface area (Å²) in [5, 5.41) is 2.98. The molecule has 0 saturated carbocycles. The van der Waals surface area contributed by atoms with Gasteiger partial charge in [-0.2, -0.15) is 0 Å². The van der Waals surface area contributed by atoms with Gasteiger partial charge in [0.25, 0.3) is 0 Å². The molecule has 3 N–H and O–H groups in total. The lowest BCUT2D eigenvalue weighted by Gasteiger charge is -2.30. The molecule has 0 aliphatic carbocycles. The predicted molar refractivity (Wildman–Crippen MR) is 94.8 cm³/mol. The van der Waals surface area contributed by atoms with Crippen molar-refractivity contribution in [3.63, 3.8) is 0 Å². The standard InChI is InChI=1S/C19H31N3O/c1-14-7-9-22(10-8-14)13-18-6-4-5-17(11-18)12-21-19(23)15(2)16(3)20/h4-6,11,14-16H,7-10,12-13,20H2,1-3H3,(H,21,23). The van der Waals surface area contributed by atoms with Crippen molar-refractivity contribution in [2.75, 3.05) is 13.1 Å². The Kier molecular flexibility index (Phi) is 6.60. The number of hydrogen-bond acceptors (Lipinski definition) is 3. The summed E-state index contributed by atoms with van der Waals surface area (Å²) in [6.45, 7) is 10.0. The number of likely N-dealkylation sites (tertiary alicyclic amines) is 1. The van der Waals surface area contributed by atoms with E-state index in [1.807, 2.05) is 13.8 Å². The van der Waals surface area contributed by atoms with Crippen molar-refractivity contribution in [3.05, 3.63) is 35.4 Å². The summed E-state index contributed by atoms with van der Waals surface area (Å²) in [6.07, 6.45) is 2.59. The second kappa shape index (κ2) is 8.46. The zero-order valence-electron chi connectivity index (χ0n) is 14.7. The largest absolute Gasteiger partial charge is 0.352 e. The Balaban J connectivity index is 1.86. The van der Waals surface area contributed by atoms with Gasteiger partial charge in [0.15, 0.2) is 0 Å². The second-order valence-electron chi connectivity index (χ2n) is 7.14. The molecule has 1 saturated heterocycles. The Morgan fingerprint density at radius 3 is 2.61 bits per heavy atom. The zero-order valence-corrected chi connectivity index (χ0v) is 14.7. The van der Waals surface area contributed by atoms with Crippen LogP contribution in [0.4, 0.5) is 0 Å². The number of carbonyl (C=O) groups is 1. The molecule has 1 amide bonds. The van der Waals surface area contributed by atoms with E-state index in [0.29, 0.717) is 6.54 Å². The van der Waals surface area contributed by atoms with Crippen molar-refractivity contribution < 1.29 is 4.79 Å². The van der Waals surface area contributed by atoms with Crippen LogP contribution in [-0.2, 0) is 17.9 Å². The molecule has 1 aromatic carbocycles. The Bertz CT molecular complexity index is 507. The van der Waals surface area contributed by atoms with E-state index in [9.17, 15) is 4.79 Å². The molecule has 23 heavy (non-hydrogen) atoms. The van der Waals surface area contributed by atoms with Crippen LogP contribution in [0.25, 0.3) is 0 Å². The van der Waals surface area contributed by atoms with E-state index in [4.69, 9.17) is 5.73 Å². The lowest BCUT2D eigenvalue weighted by atomic mass is 9.98. The van der Waals surface area contributed by atoms with Crippen LogP contribution in [0.1, 0.15) is 44.7 Å². The summed E-state index contributed by atoms with van der Waals surface area (Å²) in [4.78, 5) is 14.5. The van der Waals surface area contributed by atoms with Gasteiger partial charge in [0.05, 0.1) is 0 Å². The number of nitrogens with two attached hydrogens (primary N) is 1. The van der Waals surface area contributed by atoms with Crippen LogP contribution in [0.5, 0.6) is 0 Å². The van der Waals surface area contributed by atoms with Crippen molar-refractivity contribution in [1.29, 1.82) is 0 Å². The van der Waals surface area contributed by atoms with E-state index in [0.717, 1.165) is 18.0 Å². The average Bonchev–Trinajstić information content (AvgIpc) is 2.54. The SMILES string of the molecule is CC1CCN(Cc2cccc(CNC(=O)C(C)C(C)N)c2)CC1. The van der Waals surface area contributed by atoms with Gasteiger partial charge in [-0.1, -0.05) is 38.1 Å². The molecule has 4 nitrogen and oxygen atoms in total. The van der Waals surface area contributed by atoms with Gasteiger partial charge in [0.2, 0.25) is 5.91 Å². The summed E-state index contributed by atoms with van der Waals surface area (Å²) in [5.41, 5.74) is 8.25. The number of hydrogen-bond donors (Lipinski definition) is 2. The molecule has 0 bridgehead atoms. The van der Waals surface area contributed by atoms with Crippen LogP contribution in [0, 0.1) is 11.8 Å². The van der Waals surface area contributed by atoms with E-state index < -0.39 is 0 Å². The van der Waals surface area contributed by atoms with Gasteiger partial charge in [-0.25, -0.2) is 0 Å². The minimum Gasteiger partial charge on any atom is -0.352 e. The van der Waals surface area contributed by atoms with Crippen molar-refractivity contribution >= 4 is 5.91 Å². The quantitative estimate of drug-likeness (QED) is 0.847. The molecule has 1 aliphatic heterocycles. The van der Waals surface area contributed by atoms with E-state index in [1.54, 1.807) is 0 Å². The maximum Gasteiger partial charge on any atom is 0.224 e. The van der Waals surface area contributed by atoms with Crippen LogP contribution in [0.2, 0.25) is 0 Å².